The van der Waals surface area contributed by atoms with E-state index in [9.17, 15) is 22.8 Å². The summed E-state index contributed by atoms with van der Waals surface area (Å²) in [5.74, 6) is -0.394. The fourth-order valence-electron chi connectivity index (χ4n) is 2.74. The van der Waals surface area contributed by atoms with Crippen molar-refractivity contribution in [2.45, 2.75) is 6.18 Å². The van der Waals surface area contributed by atoms with Crippen LogP contribution in [0.25, 0.3) is 0 Å². The highest BCUT2D eigenvalue weighted by Crippen LogP contribution is 2.31. The van der Waals surface area contributed by atoms with Crippen LogP contribution in [0, 0.1) is 0 Å². The van der Waals surface area contributed by atoms with E-state index in [1.165, 1.54) is 12.1 Å². The van der Waals surface area contributed by atoms with E-state index in [2.05, 4.69) is 17.2 Å². The third kappa shape index (κ3) is 5.76. The number of imide groups is 1. The van der Waals surface area contributed by atoms with Crippen LogP contribution in [0.15, 0.2) is 36.9 Å². The normalized spacial score (nSPS) is 15.4. The van der Waals surface area contributed by atoms with Crippen molar-refractivity contribution < 1.29 is 27.7 Å². The summed E-state index contributed by atoms with van der Waals surface area (Å²) in [6.07, 6.45) is -2.87. The third-order valence-electron chi connectivity index (χ3n) is 4.08. The predicted octanol–water partition coefficient (Wildman–Crippen LogP) is 0.422. The zero-order chi connectivity index (χ0) is 19.2. The van der Waals surface area contributed by atoms with Gasteiger partial charge in [-0.3, -0.25) is 10.1 Å². The number of urea groups is 1. The second-order valence-electron chi connectivity index (χ2n) is 6.01. The number of alkyl halides is 3. The van der Waals surface area contributed by atoms with Gasteiger partial charge in [-0.15, -0.1) is 6.58 Å². The summed E-state index contributed by atoms with van der Waals surface area (Å²) in [5.41, 5.74) is -0.151. The molecular weight excluding hydrogens is 349 g/mol. The van der Waals surface area contributed by atoms with Gasteiger partial charge in [0.15, 0.2) is 6.54 Å². The van der Waals surface area contributed by atoms with Crippen LogP contribution in [-0.2, 0) is 11.0 Å². The number of carbonyl (C=O) groups is 2. The number of rotatable bonds is 5. The number of carbonyl (C=O) groups excluding carboxylic acids is 2. The molecule has 0 saturated carbocycles. The highest BCUT2D eigenvalue weighted by atomic mass is 19.4. The quantitative estimate of drug-likeness (QED) is 0.658. The molecule has 1 heterocycles. The summed E-state index contributed by atoms with van der Waals surface area (Å²) >= 11 is 0. The van der Waals surface area contributed by atoms with Gasteiger partial charge in [-0.1, -0.05) is 12.1 Å². The van der Waals surface area contributed by atoms with Gasteiger partial charge in [0.25, 0.3) is 5.91 Å². The Kier molecular flexibility index (Phi) is 6.62. The van der Waals surface area contributed by atoms with Gasteiger partial charge in [0, 0.05) is 12.2 Å². The molecule has 0 atom stereocenters. The molecule has 0 bridgehead atoms. The standard InChI is InChI=1S/C17H21F3N4O2/c1-2-6-21-16(26)22-15(25)12-23-7-9-24(10-8-23)14-5-3-4-13(11-14)17(18,19)20/h2-5,11H,1,6-10,12H2,(H2,21,22,25,26)/p+1. The molecule has 3 amide bonds. The second-order valence-corrected chi connectivity index (χ2v) is 6.01. The molecule has 142 valence electrons. The largest absolute Gasteiger partial charge is 0.416 e. The van der Waals surface area contributed by atoms with Crippen LogP contribution in [0.1, 0.15) is 5.56 Å². The number of nitrogens with zero attached hydrogens (tertiary/aromatic N) is 1. The van der Waals surface area contributed by atoms with Crippen molar-refractivity contribution in [2.24, 2.45) is 0 Å². The fraction of sp³-hybridized carbons (Fsp3) is 0.412. The molecule has 1 aliphatic rings. The first-order valence-electron chi connectivity index (χ1n) is 8.24. The van der Waals surface area contributed by atoms with E-state index in [1.807, 2.05) is 4.90 Å². The zero-order valence-electron chi connectivity index (χ0n) is 14.2. The van der Waals surface area contributed by atoms with Gasteiger partial charge in [0.1, 0.15) is 0 Å². The molecule has 2 rings (SSSR count). The molecule has 1 saturated heterocycles. The first-order valence-corrected chi connectivity index (χ1v) is 8.24. The molecule has 1 aliphatic heterocycles. The van der Waals surface area contributed by atoms with Crippen molar-refractivity contribution in [1.82, 2.24) is 10.6 Å². The molecule has 0 radical (unpaired) electrons. The molecule has 0 spiro atoms. The molecule has 26 heavy (non-hydrogen) atoms. The van der Waals surface area contributed by atoms with Gasteiger partial charge in [-0.25, -0.2) is 4.79 Å². The van der Waals surface area contributed by atoms with Gasteiger partial charge in [-0.05, 0) is 18.2 Å². The Bertz CT molecular complexity index is 656. The lowest BCUT2D eigenvalue weighted by Gasteiger charge is -2.33. The lowest BCUT2D eigenvalue weighted by atomic mass is 10.1. The smallest absolute Gasteiger partial charge is 0.360 e. The molecule has 0 unspecified atom stereocenters. The number of benzene rings is 1. The number of anilines is 1. The number of hydrogen-bond donors (Lipinski definition) is 3. The molecule has 9 heteroatoms. The lowest BCUT2D eigenvalue weighted by molar-refractivity contribution is -0.892. The van der Waals surface area contributed by atoms with Crippen LogP contribution in [0.5, 0.6) is 0 Å². The van der Waals surface area contributed by atoms with Gasteiger partial charge in [0.2, 0.25) is 0 Å². The van der Waals surface area contributed by atoms with Crippen LogP contribution in [0.2, 0.25) is 0 Å². The summed E-state index contributed by atoms with van der Waals surface area (Å²) in [7, 11) is 0. The molecule has 0 aliphatic carbocycles. The second kappa shape index (κ2) is 8.70. The first-order chi connectivity index (χ1) is 12.3. The minimum atomic E-state index is -4.37. The van der Waals surface area contributed by atoms with Gasteiger partial charge >= 0.3 is 12.2 Å². The minimum absolute atomic E-state index is 0.137. The zero-order valence-corrected chi connectivity index (χ0v) is 14.2. The summed E-state index contributed by atoms with van der Waals surface area (Å²) in [5, 5.41) is 4.68. The summed E-state index contributed by atoms with van der Waals surface area (Å²) in [6, 6.07) is 4.66. The average Bonchev–Trinajstić information content (AvgIpc) is 2.60. The number of halogens is 3. The van der Waals surface area contributed by atoms with Crippen molar-refractivity contribution >= 4 is 17.6 Å². The van der Waals surface area contributed by atoms with Gasteiger partial charge in [-0.2, -0.15) is 13.2 Å². The van der Waals surface area contributed by atoms with E-state index < -0.39 is 23.7 Å². The van der Waals surface area contributed by atoms with Crippen LogP contribution in [0.4, 0.5) is 23.7 Å². The van der Waals surface area contributed by atoms with Crippen LogP contribution >= 0.6 is 0 Å². The SMILES string of the molecule is C=CCNC(=O)NC(=O)C[NH+]1CCN(c2cccc(C(F)(F)F)c2)CC1. The van der Waals surface area contributed by atoms with Crippen molar-refractivity contribution in [3.63, 3.8) is 0 Å². The summed E-state index contributed by atoms with van der Waals surface area (Å²) in [4.78, 5) is 26.1. The maximum absolute atomic E-state index is 12.8. The monoisotopic (exact) mass is 371 g/mol. The Labute approximate surface area is 149 Å². The molecule has 1 aromatic carbocycles. The number of hydrogen-bond acceptors (Lipinski definition) is 3. The van der Waals surface area contributed by atoms with Crippen molar-refractivity contribution in [3.05, 3.63) is 42.5 Å². The Balaban J connectivity index is 1.83. The Morgan fingerprint density at radius 1 is 1.27 bits per heavy atom. The maximum atomic E-state index is 12.8. The topological polar surface area (TPSA) is 65.9 Å². The summed E-state index contributed by atoms with van der Waals surface area (Å²) < 4.78 is 38.5. The third-order valence-corrected chi connectivity index (χ3v) is 4.08. The summed E-state index contributed by atoms with van der Waals surface area (Å²) in [6.45, 7) is 6.12. The molecule has 1 aromatic rings. The maximum Gasteiger partial charge on any atom is 0.416 e. The Morgan fingerprint density at radius 3 is 2.58 bits per heavy atom. The van der Waals surface area contributed by atoms with Crippen LogP contribution in [-0.4, -0.2) is 51.2 Å². The van der Waals surface area contributed by atoms with Crippen LogP contribution < -0.4 is 20.4 Å². The molecule has 1 fully saturated rings. The van der Waals surface area contributed by atoms with Crippen molar-refractivity contribution in [1.29, 1.82) is 0 Å². The van der Waals surface area contributed by atoms with E-state index >= 15 is 0 Å². The van der Waals surface area contributed by atoms with E-state index in [-0.39, 0.29) is 13.1 Å². The molecule has 3 N–H and O–H groups in total. The highest BCUT2D eigenvalue weighted by Gasteiger charge is 2.31. The fourth-order valence-corrected chi connectivity index (χ4v) is 2.74. The van der Waals surface area contributed by atoms with Crippen LogP contribution in [0.3, 0.4) is 0 Å². The Hall–Kier alpha value is -2.55. The first kappa shape index (κ1) is 19.8. The lowest BCUT2D eigenvalue weighted by Crippen LogP contribution is -3.16. The van der Waals surface area contributed by atoms with Gasteiger partial charge < -0.3 is 15.1 Å². The molecular formula is C17H22F3N4O2+. The van der Waals surface area contributed by atoms with E-state index in [4.69, 9.17) is 0 Å². The number of piperazine rings is 1. The predicted molar refractivity (Wildman–Crippen MR) is 91.0 cm³/mol. The number of nitrogens with one attached hydrogen (secondary N) is 3. The van der Waals surface area contributed by atoms with E-state index in [0.717, 1.165) is 17.0 Å². The minimum Gasteiger partial charge on any atom is -0.360 e. The van der Waals surface area contributed by atoms with Crippen molar-refractivity contribution in [2.75, 3.05) is 44.2 Å². The number of quaternary nitrogens is 1. The Morgan fingerprint density at radius 2 is 1.96 bits per heavy atom. The highest BCUT2D eigenvalue weighted by molar-refractivity contribution is 5.94. The van der Waals surface area contributed by atoms with E-state index in [1.54, 1.807) is 6.07 Å². The molecule has 0 aromatic heterocycles. The molecule has 6 nitrogen and oxygen atoms in total. The average molecular weight is 371 g/mol. The van der Waals surface area contributed by atoms with Gasteiger partial charge in [0.05, 0.1) is 31.7 Å². The van der Waals surface area contributed by atoms with Crippen molar-refractivity contribution in [3.8, 4) is 0 Å². The van der Waals surface area contributed by atoms with E-state index in [0.29, 0.717) is 31.9 Å². The number of amides is 3.